The van der Waals surface area contributed by atoms with Crippen molar-refractivity contribution >= 4 is 11.9 Å². The molecular formula is C15H24O7. The summed E-state index contributed by atoms with van der Waals surface area (Å²) in [5.74, 6) is -1.28. The fourth-order valence-electron chi connectivity index (χ4n) is 0.834. The van der Waals surface area contributed by atoms with Gasteiger partial charge in [-0.3, -0.25) is 0 Å². The van der Waals surface area contributed by atoms with Crippen molar-refractivity contribution in [3.05, 3.63) is 24.3 Å². The molecule has 2 atom stereocenters. The van der Waals surface area contributed by atoms with Crippen LogP contribution >= 0.6 is 0 Å². The smallest absolute Gasteiger partial charge is 0.332 e. The normalized spacial score (nSPS) is 20.3. The van der Waals surface area contributed by atoms with Crippen LogP contribution in [0.1, 0.15) is 13.8 Å². The number of esters is 1. The lowest BCUT2D eigenvalue weighted by Gasteiger charge is -1.95. The van der Waals surface area contributed by atoms with E-state index in [1.807, 2.05) is 0 Å². The van der Waals surface area contributed by atoms with Gasteiger partial charge in [0.1, 0.15) is 12.2 Å². The molecule has 126 valence electrons. The lowest BCUT2D eigenvalue weighted by atomic mass is 10.4. The van der Waals surface area contributed by atoms with Crippen LogP contribution in [0.2, 0.25) is 0 Å². The second-order valence-corrected chi connectivity index (χ2v) is 4.81. The number of carbonyl (C=O) groups is 2. The number of carboxylic acids is 1. The Morgan fingerprint density at radius 2 is 1.45 bits per heavy atom. The Morgan fingerprint density at radius 3 is 1.59 bits per heavy atom. The minimum Gasteiger partial charge on any atom is -0.478 e. The number of hydrogen-bond donors (Lipinski definition) is 1. The third kappa shape index (κ3) is 13.3. The second kappa shape index (κ2) is 10.9. The molecule has 7 heteroatoms. The summed E-state index contributed by atoms with van der Waals surface area (Å²) in [5.41, 5.74) is 0.609. The monoisotopic (exact) mass is 316 g/mol. The number of rotatable bonds is 6. The molecule has 2 aliphatic rings. The molecule has 2 saturated heterocycles. The summed E-state index contributed by atoms with van der Waals surface area (Å²) in [4.78, 5) is 19.8. The van der Waals surface area contributed by atoms with Crippen LogP contribution in [0.5, 0.6) is 0 Å². The molecule has 0 aromatic rings. The Hall–Kier alpha value is -1.70. The minimum absolute atomic E-state index is 0.176. The van der Waals surface area contributed by atoms with Crippen LogP contribution in [-0.4, -0.2) is 62.8 Å². The molecule has 0 amide bonds. The van der Waals surface area contributed by atoms with Crippen molar-refractivity contribution in [1.82, 2.24) is 0 Å². The number of ether oxygens (including phenoxy) is 4. The molecule has 0 bridgehead atoms. The van der Waals surface area contributed by atoms with Crippen LogP contribution in [-0.2, 0) is 28.5 Å². The van der Waals surface area contributed by atoms with Gasteiger partial charge in [0, 0.05) is 11.1 Å². The van der Waals surface area contributed by atoms with Gasteiger partial charge < -0.3 is 24.1 Å². The summed E-state index contributed by atoms with van der Waals surface area (Å²) >= 11 is 0. The third-order valence-corrected chi connectivity index (χ3v) is 2.31. The number of carbonyl (C=O) groups excluding carboxylic acids is 1. The van der Waals surface area contributed by atoms with E-state index in [0.717, 1.165) is 26.4 Å². The van der Waals surface area contributed by atoms with Crippen LogP contribution in [0.4, 0.5) is 0 Å². The Bertz CT molecular complexity index is 371. The van der Waals surface area contributed by atoms with E-state index < -0.39 is 5.97 Å². The maximum Gasteiger partial charge on any atom is 0.332 e. The van der Waals surface area contributed by atoms with E-state index in [-0.39, 0.29) is 11.5 Å². The van der Waals surface area contributed by atoms with Crippen LogP contribution in [0.3, 0.4) is 0 Å². The van der Waals surface area contributed by atoms with Gasteiger partial charge in [-0.25, -0.2) is 9.59 Å². The van der Waals surface area contributed by atoms with Gasteiger partial charge in [-0.05, 0) is 13.8 Å². The number of epoxide rings is 2. The van der Waals surface area contributed by atoms with Gasteiger partial charge in [0.15, 0.2) is 0 Å². The highest BCUT2D eigenvalue weighted by molar-refractivity contribution is 5.86. The van der Waals surface area contributed by atoms with Gasteiger partial charge in [-0.1, -0.05) is 13.2 Å². The lowest BCUT2D eigenvalue weighted by molar-refractivity contribution is -0.136. The number of aliphatic carboxylic acids is 1. The Kier molecular flexibility index (Phi) is 10.1. The van der Waals surface area contributed by atoms with Crippen LogP contribution in [0, 0.1) is 0 Å². The van der Waals surface area contributed by atoms with Gasteiger partial charge in [-0.15, -0.1) is 0 Å². The predicted molar refractivity (Wildman–Crippen MR) is 79.6 cm³/mol. The summed E-state index contributed by atoms with van der Waals surface area (Å²) in [6, 6.07) is 0. The Morgan fingerprint density at radius 1 is 1.09 bits per heavy atom. The van der Waals surface area contributed by atoms with E-state index >= 15 is 0 Å². The van der Waals surface area contributed by atoms with Crippen molar-refractivity contribution in [1.29, 1.82) is 0 Å². The first-order valence-corrected chi connectivity index (χ1v) is 6.71. The molecule has 0 aromatic heterocycles. The number of methoxy groups -OCH3 is 1. The van der Waals surface area contributed by atoms with E-state index in [4.69, 9.17) is 19.3 Å². The predicted octanol–water partition coefficient (Wildman–Crippen LogP) is 1.18. The summed E-state index contributed by atoms with van der Waals surface area (Å²) in [6.07, 6.45) is 0.785. The molecule has 2 aliphatic heterocycles. The fraction of sp³-hybridized carbons (Fsp3) is 0.600. The highest BCUT2D eigenvalue weighted by atomic mass is 16.6. The summed E-state index contributed by atoms with van der Waals surface area (Å²) < 4.78 is 19.4. The molecule has 7 nitrogen and oxygen atoms in total. The molecule has 2 heterocycles. The average molecular weight is 316 g/mol. The van der Waals surface area contributed by atoms with E-state index in [9.17, 15) is 9.59 Å². The average Bonchev–Trinajstić information content (AvgIpc) is 3.33. The molecule has 0 saturated carbocycles. The molecule has 0 aromatic carbocycles. The van der Waals surface area contributed by atoms with Crippen LogP contribution < -0.4 is 0 Å². The van der Waals surface area contributed by atoms with Gasteiger partial charge in [0.2, 0.25) is 0 Å². The van der Waals surface area contributed by atoms with Crippen molar-refractivity contribution in [2.45, 2.75) is 26.1 Å². The van der Waals surface area contributed by atoms with Gasteiger partial charge >= 0.3 is 11.9 Å². The molecule has 0 radical (unpaired) electrons. The first-order valence-electron chi connectivity index (χ1n) is 6.71. The summed E-state index contributed by atoms with van der Waals surface area (Å²) in [7, 11) is 1.33. The topological polar surface area (TPSA) is 97.9 Å². The van der Waals surface area contributed by atoms with Gasteiger partial charge in [0.25, 0.3) is 0 Å². The Balaban J connectivity index is 0.000000311. The molecule has 2 unspecified atom stereocenters. The highest BCUT2D eigenvalue weighted by Gasteiger charge is 2.26. The molecule has 22 heavy (non-hydrogen) atoms. The van der Waals surface area contributed by atoms with Crippen molar-refractivity contribution in [2.24, 2.45) is 0 Å². The van der Waals surface area contributed by atoms with E-state index in [0.29, 0.717) is 17.8 Å². The quantitative estimate of drug-likeness (QED) is 0.446. The Labute approximate surface area is 130 Å². The first-order chi connectivity index (χ1) is 10.3. The summed E-state index contributed by atoms with van der Waals surface area (Å²) in [6.45, 7) is 12.8. The van der Waals surface area contributed by atoms with Gasteiger partial charge in [-0.2, -0.15) is 0 Å². The van der Waals surface area contributed by atoms with Crippen molar-refractivity contribution in [2.75, 3.05) is 33.5 Å². The zero-order valence-corrected chi connectivity index (χ0v) is 13.3. The van der Waals surface area contributed by atoms with Crippen LogP contribution in [0.25, 0.3) is 0 Å². The molecule has 2 rings (SSSR count). The largest absolute Gasteiger partial charge is 0.478 e. The number of hydrogen-bond acceptors (Lipinski definition) is 6. The fourth-order valence-corrected chi connectivity index (χ4v) is 0.834. The zero-order valence-electron chi connectivity index (χ0n) is 13.3. The third-order valence-electron chi connectivity index (χ3n) is 2.31. The standard InChI is InChI=1S/C6H10O3.C5H8O2.C4H6O2/c1(5-3-8-5)7-2-6-4-9-6;1-4(2)5(6)7-3;1-3(2)4(5)6/h5-6H,1-4H2;1H2,2-3H3;1H2,2H3,(H,5,6). The second-order valence-electron chi connectivity index (χ2n) is 4.81. The van der Waals surface area contributed by atoms with E-state index in [1.54, 1.807) is 6.92 Å². The maximum absolute atomic E-state index is 10.2. The van der Waals surface area contributed by atoms with E-state index in [2.05, 4.69) is 17.9 Å². The SMILES string of the molecule is C(OCC1CO1)C1CO1.C=C(C)C(=O)O.C=C(C)C(=O)OC. The lowest BCUT2D eigenvalue weighted by Crippen LogP contribution is -2.06. The summed E-state index contributed by atoms with van der Waals surface area (Å²) in [5, 5.41) is 7.89. The van der Waals surface area contributed by atoms with E-state index in [1.165, 1.54) is 14.0 Å². The molecule has 0 aliphatic carbocycles. The minimum atomic E-state index is -0.935. The maximum atomic E-state index is 10.2. The molecule has 0 spiro atoms. The molecule has 1 N–H and O–H groups in total. The molecule has 2 fully saturated rings. The zero-order chi connectivity index (χ0) is 17.1. The van der Waals surface area contributed by atoms with Crippen LogP contribution in [0.15, 0.2) is 24.3 Å². The number of carboxylic acid groups (broad SMARTS) is 1. The molecular weight excluding hydrogens is 292 g/mol. The van der Waals surface area contributed by atoms with Crippen molar-refractivity contribution < 1.29 is 33.6 Å². The van der Waals surface area contributed by atoms with Crippen molar-refractivity contribution in [3.63, 3.8) is 0 Å². The van der Waals surface area contributed by atoms with Crippen molar-refractivity contribution in [3.8, 4) is 0 Å². The first kappa shape index (κ1) is 20.3. The van der Waals surface area contributed by atoms with Gasteiger partial charge in [0.05, 0.1) is 33.5 Å². The highest BCUT2D eigenvalue weighted by Crippen LogP contribution is 2.12.